The fourth-order valence-corrected chi connectivity index (χ4v) is 3.06. The lowest BCUT2D eigenvalue weighted by Crippen LogP contribution is -2.49. The number of ether oxygens (including phenoxy) is 2. The van der Waals surface area contributed by atoms with E-state index in [1.54, 1.807) is 17.0 Å². The normalized spacial score (nSPS) is 16.8. The van der Waals surface area contributed by atoms with Crippen molar-refractivity contribution in [2.75, 3.05) is 38.7 Å². The van der Waals surface area contributed by atoms with E-state index < -0.39 is 0 Å². The van der Waals surface area contributed by atoms with E-state index in [9.17, 15) is 14.4 Å². The summed E-state index contributed by atoms with van der Waals surface area (Å²) in [4.78, 5) is 36.9. The number of anilines is 1. The lowest BCUT2D eigenvalue weighted by atomic mass is 10.1. The Morgan fingerprint density at radius 2 is 2.08 bits per heavy atom. The largest absolute Gasteiger partial charge is 0.496 e. The molecule has 0 bridgehead atoms. The second-order valence-electron chi connectivity index (χ2n) is 5.88. The number of morpholine rings is 1. The van der Waals surface area contributed by atoms with E-state index in [0.717, 1.165) is 0 Å². The Hall–Kier alpha value is -2.13. The number of carbonyl (C=O) groups excluding carboxylic acids is 3. The molecule has 0 aromatic heterocycles. The SMILES string of the molecule is COc1cc(NC(C)=O)c(Br)cc1C(=O)NCC1CN(C(C)=O)CCO1. The van der Waals surface area contributed by atoms with Crippen LogP contribution in [0.4, 0.5) is 5.69 Å². The van der Waals surface area contributed by atoms with Gasteiger partial charge in [-0.25, -0.2) is 0 Å². The third-order valence-corrected chi connectivity index (χ3v) is 4.57. The molecule has 2 rings (SSSR count). The molecule has 0 aliphatic carbocycles. The predicted molar refractivity (Wildman–Crippen MR) is 99.3 cm³/mol. The van der Waals surface area contributed by atoms with Crippen molar-refractivity contribution in [3.8, 4) is 5.75 Å². The summed E-state index contributed by atoms with van der Waals surface area (Å²) in [5, 5.41) is 5.46. The number of amides is 3. The number of rotatable bonds is 5. The highest BCUT2D eigenvalue weighted by atomic mass is 79.9. The number of benzene rings is 1. The first-order chi connectivity index (χ1) is 12.3. The van der Waals surface area contributed by atoms with Gasteiger partial charge in [-0.2, -0.15) is 0 Å². The molecular formula is C17H22BrN3O5. The Bertz CT molecular complexity index is 710. The van der Waals surface area contributed by atoms with Gasteiger partial charge in [-0.05, 0) is 22.0 Å². The number of hydrogen-bond donors (Lipinski definition) is 2. The zero-order chi connectivity index (χ0) is 19.3. The van der Waals surface area contributed by atoms with Crippen molar-refractivity contribution in [2.24, 2.45) is 0 Å². The van der Waals surface area contributed by atoms with Gasteiger partial charge in [0, 0.05) is 44.0 Å². The standard InChI is InChI=1S/C17H22BrN3O5/c1-10(22)20-15-7-16(25-3)13(6-14(15)18)17(24)19-8-12-9-21(11(2)23)4-5-26-12/h6-7,12H,4-5,8-9H2,1-3H3,(H,19,24)(H,20,22). The number of hydrogen-bond acceptors (Lipinski definition) is 5. The van der Waals surface area contributed by atoms with Gasteiger partial charge in [0.1, 0.15) is 5.75 Å². The van der Waals surface area contributed by atoms with Crippen molar-refractivity contribution < 1.29 is 23.9 Å². The molecule has 1 aliphatic heterocycles. The van der Waals surface area contributed by atoms with Gasteiger partial charge in [-0.1, -0.05) is 0 Å². The van der Waals surface area contributed by atoms with Crippen LogP contribution in [0.5, 0.6) is 5.75 Å². The van der Waals surface area contributed by atoms with Crippen molar-refractivity contribution in [3.63, 3.8) is 0 Å². The van der Waals surface area contributed by atoms with Gasteiger partial charge in [0.05, 0.1) is 31.1 Å². The molecule has 0 saturated carbocycles. The minimum atomic E-state index is -0.333. The van der Waals surface area contributed by atoms with Gasteiger partial charge in [-0.15, -0.1) is 0 Å². The number of nitrogens with zero attached hydrogens (tertiary/aromatic N) is 1. The van der Waals surface area contributed by atoms with Crippen LogP contribution in [-0.4, -0.2) is 62.1 Å². The molecule has 3 amide bonds. The Morgan fingerprint density at radius 1 is 1.35 bits per heavy atom. The number of halogens is 1. The molecule has 1 heterocycles. The minimum absolute atomic E-state index is 0.0104. The van der Waals surface area contributed by atoms with E-state index in [0.29, 0.717) is 41.2 Å². The zero-order valence-electron chi connectivity index (χ0n) is 14.9. The van der Waals surface area contributed by atoms with Crippen molar-refractivity contribution in [1.29, 1.82) is 0 Å². The van der Waals surface area contributed by atoms with Crippen molar-refractivity contribution in [3.05, 3.63) is 22.2 Å². The third-order valence-electron chi connectivity index (χ3n) is 3.92. The first-order valence-corrected chi connectivity index (χ1v) is 8.91. The molecule has 1 aromatic carbocycles. The molecule has 1 unspecified atom stereocenters. The van der Waals surface area contributed by atoms with Gasteiger partial charge in [-0.3, -0.25) is 14.4 Å². The Morgan fingerprint density at radius 3 is 2.69 bits per heavy atom. The Labute approximate surface area is 160 Å². The summed E-state index contributed by atoms with van der Waals surface area (Å²) < 4.78 is 11.4. The third kappa shape index (κ3) is 5.18. The second-order valence-corrected chi connectivity index (χ2v) is 6.74. The average Bonchev–Trinajstić information content (AvgIpc) is 2.60. The molecule has 1 aliphatic rings. The summed E-state index contributed by atoms with van der Waals surface area (Å²) in [5.74, 6) is -0.233. The molecular weight excluding hydrogens is 406 g/mol. The van der Waals surface area contributed by atoms with Crippen LogP contribution in [0.15, 0.2) is 16.6 Å². The van der Waals surface area contributed by atoms with E-state index in [-0.39, 0.29) is 30.4 Å². The highest BCUT2D eigenvalue weighted by Crippen LogP contribution is 2.31. The maximum absolute atomic E-state index is 12.5. The maximum atomic E-state index is 12.5. The zero-order valence-corrected chi connectivity index (χ0v) is 16.5. The van der Waals surface area contributed by atoms with Crippen LogP contribution < -0.4 is 15.4 Å². The lowest BCUT2D eigenvalue weighted by molar-refractivity contribution is -0.136. The van der Waals surface area contributed by atoms with Gasteiger partial charge in [0.2, 0.25) is 11.8 Å². The molecule has 1 atom stereocenters. The summed E-state index contributed by atoms with van der Waals surface area (Å²) in [5.41, 5.74) is 0.839. The Balaban J connectivity index is 2.05. The quantitative estimate of drug-likeness (QED) is 0.739. The second kappa shape index (κ2) is 9.00. The fourth-order valence-electron chi connectivity index (χ4n) is 2.62. The Kier molecular flexibility index (Phi) is 6.98. The van der Waals surface area contributed by atoms with Crippen LogP contribution in [0.25, 0.3) is 0 Å². The molecule has 0 radical (unpaired) electrons. The van der Waals surface area contributed by atoms with E-state index >= 15 is 0 Å². The highest BCUT2D eigenvalue weighted by Gasteiger charge is 2.23. The van der Waals surface area contributed by atoms with Crippen LogP contribution in [0, 0.1) is 0 Å². The molecule has 8 nitrogen and oxygen atoms in total. The molecule has 1 fully saturated rings. The van der Waals surface area contributed by atoms with Crippen LogP contribution in [-0.2, 0) is 14.3 Å². The van der Waals surface area contributed by atoms with Crippen LogP contribution in [0.3, 0.4) is 0 Å². The van der Waals surface area contributed by atoms with E-state index in [2.05, 4.69) is 26.6 Å². The molecule has 142 valence electrons. The van der Waals surface area contributed by atoms with Gasteiger partial charge >= 0.3 is 0 Å². The molecule has 1 aromatic rings. The molecule has 0 spiro atoms. The first kappa shape index (κ1) is 20.2. The molecule has 9 heteroatoms. The summed E-state index contributed by atoms with van der Waals surface area (Å²) >= 11 is 3.34. The number of nitrogens with one attached hydrogen (secondary N) is 2. The molecule has 26 heavy (non-hydrogen) atoms. The first-order valence-electron chi connectivity index (χ1n) is 8.12. The predicted octanol–water partition coefficient (Wildman–Crippen LogP) is 1.39. The molecule has 2 N–H and O–H groups in total. The summed E-state index contributed by atoms with van der Waals surface area (Å²) in [6, 6.07) is 3.16. The minimum Gasteiger partial charge on any atom is -0.496 e. The summed E-state index contributed by atoms with van der Waals surface area (Å²) in [7, 11) is 1.45. The molecule has 1 saturated heterocycles. The highest BCUT2D eigenvalue weighted by molar-refractivity contribution is 9.10. The average molecular weight is 428 g/mol. The van der Waals surface area contributed by atoms with Crippen molar-refractivity contribution in [2.45, 2.75) is 20.0 Å². The number of methoxy groups -OCH3 is 1. The summed E-state index contributed by atoms with van der Waals surface area (Å²) in [6.45, 7) is 4.63. The van der Waals surface area contributed by atoms with E-state index in [1.807, 2.05) is 0 Å². The van der Waals surface area contributed by atoms with Crippen LogP contribution >= 0.6 is 15.9 Å². The lowest BCUT2D eigenvalue weighted by Gasteiger charge is -2.32. The topological polar surface area (TPSA) is 97.0 Å². The van der Waals surface area contributed by atoms with Crippen LogP contribution in [0.2, 0.25) is 0 Å². The van der Waals surface area contributed by atoms with Crippen molar-refractivity contribution in [1.82, 2.24) is 10.2 Å². The van der Waals surface area contributed by atoms with Gasteiger partial charge in [0.15, 0.2) is 0 Å². The van der Waals surface area contributed by atoms with Crippen molar-refractivity contribution >= 4 is 39.3 Å². The van der Waals surface area contributed by atoms with Crippen LogP contribution in [0.1, 0.15) is 24.2 Å². The maximum Gasteiger partial charge on any atom is 0.255 e. The van der Waals surface area contributed by atoms with E-state index in [1.165, 1.54) is 21.0 Å². The monoisotopic (exact) mass is 427 g/mol. The van der Waals surface area contributed by atoms with Gasteiger partial charge in [0.25, 0.3) is 5.91 Å². The van der Waals surface area contributed by atoms with E-state index in [4.69, 9.17) is 9.47 Å². The fraction of sp³-hybridized carbons (Fsp3) is 0.471. The summed E-state index contributed by atoms with van der Waals surface area (Å²) in [6.07, 6.45) is -0.260. The smallest absolute Gasteiger partial charge is 0.255 e. The van der Waals surface area contributed by atoms with Gasteiger partial charge < -0.3 is 25.0 Å². The number of carbonyl (C=O) groups is 3.